The standard InChI is InChI=1S/C12H16FNO3/c1-3-14(6-7-17-2)11-5-4-9(13)8-10(11)12(15)16/h4-5,8H,3,6-7H2,1-2H3,(H,15,16). The number of carboxylic acid groups (broad SMARTS) is 1. The van der Waals surface area contributed by atoms with E-state index < -0.39 is 11.8 Å². The molecule has 4 nitrogen and oxygen atoms in total. The van der Waals surface area contributed by atoms with E-state index in [4.69, 9.17) is 9.84 Å². The van der Waals surface area contributed by atoms with Crippen LogP contribution in [-0.2, 0) is 4.74 Å². The third kappa shape index (κ3) is 3.42. The molecule has 0 aliphatic carbocycles. The Kier molecular flexibility index (Phi) is 4.90. The zero-order chi connectivity index (χ0) is 12.8. The zero-order valence-corrected chi connectivity index (χ0v) is 9.94. The lowest BCUT2D eigenvalue weighted by atomic mass is 10.1. The number of rotatable bonds is 6. The molecule has 0 heterocycles. The Bertz CT molecular complexity index is 395. The van der Waals surface area contributed by atoms with E-state index in [9.17, 15) is 9.18 Å². The average Bonchev–Trinajstić information content (AvgIpc) is 2.31. The number of hydrogen-bond acceptors (Lipinski definition) is 3. The van der Waals surface area contributed by atoms with Crippen molar-refractivity contribution in [3.8, 4) is 0 Å². The Morgan fingerprint density at radius 1 is 1.53 bits per heavy atom. The Labute approximate surface area is 99.6 Å². The van der Waals surface area contributed by atoms with Crippen molar-refractivity contribution < 1.29 is 19.0 Å². The molecule has 0 bridgehead atoms. The van der Waals surface area contributed by atoms with Gasteiger partial charge < -0.3 is 14.7 Å². The third-order valence-corrected chi connectivity index (χ3v) is 2.48. The Morgan fingerprint density at radius 3 is 2.76 bits per heavy atom. The fourth-order valence-corrected chi connectivity index (χ4v) is 1.61. The van der Waals surface area contributed by atoms with Crippen molar-refractivity contribution in [2.45, 2.75) is 6.92 Å². The molecule has 17 heavy (non-hydrogen) atoms. The van der Waals surface area contributed by atoms with Gasteiger partial charge in [0.1, 0.15) is 5.82 Å². The first-order valence-corrected chi connectivity index (χ1v) is 5.36. The minimum atomic E-state index is -1.13. The van der Waals surface area contributed by atoms with E-state index in [1.807, 2.05) is 11.8 Å². The van der Waals surface area contributed by atoms with Crippen LogP contribution in [-0.4, -0.2) is 37.9 Å². The van der Waals surface area contributed by atoms with Crippen molar-refractivity contribution in [3.05, 3.63) is 29.6 Å². The number of hydrogen-bond donors (Lipinski definition) is 1. The van der Waals surface area contributed by atoms with Gasteiger partial charge in [-0.1, -0.05) is 0 Å². The van der Waals surface area contributed by atoms with Crippen molar-refractivity contribution in [2.24, 2.45) is 0 Å². The summed E-state index contributed by atoms with van der Waals surface area (Å²) < 4.78 is 18.0. The normalized spacial score (nSPS) is 10.3. The van der Waals surface area contributed by atoms with Crippen LogP contribution in [0.5, 0.6) is 0 Å². The maximum absolute atomic E-state index is 13.0. The first-order valence-electron chi connectivity index (χ1n) is 5.36. The van der Waals surface area contributed by atoms with Crippen LogP contribution in [0.3, 0.4) is 0 Å². The van der Waals surface area contributed by atoms with Crippen LogP contribution in [0.4, 0.5) is 10.1 Å². The number of carboxylic acids is 1. The van der Waals surface area contributed by atoms with E-state index in [0.29, 0.717) is 25.4 Å². The number of carbonyl (C=O) groups is 1. The highest BCUT2D eigenvalue weighted by Crippen LogP contribution is 2.21. The van der Waals surface area contributed by atoms with Crippen molar-refractivity contribution in [1.29, 1.82) is 0 Å². The van der Waals surface area contributed by atoms with Gasteiger partial charge in [-0.2, -0.15) is 0 Å². The lowest BCUT2D eigenvalue weighted by Gasteiger charge is -2.24. The number of benzene rings is 1. The monoisotopic (exact) mass is 241 g/mol. The predicted octanol–water partition coefficient (Wildman–Crippen LogP) is 2.00. The second kappa shape index (κ2) is 6.20. The van der Waals surface area contributed by atoms with E-state index in [1.54, 1.807) is 7.11 Å². The van der Waals surface area contributed by atoms with Gasteiger partial charge in [-0.3, -0.25) is 0 Å². The number of anilines is 1. The van der Waals surface area contributed by atoms with Gasteiger partial charge in [-0.05, 0) is 25.1 Å². The molecule has 94 valence electrons. The highest BCUT2D eigenvalue weighted by atomic mass is 19.1. The lowest BCUT2D eigenvalue weighted by molar-refractivity contribution is 0.0697. The molecule has 0 amide bonds. The molecule has 1 rings (SSSR count). The number of nitrogens with zero attached hydrogens (tertiary/aromatic N) is 1. The van der Waals surface area contributed by atoms with Crippen LogP contribution in [0.1, 0.15) is 17.3 Å². The summed E-state index contributed by atoms with van der Waals surface area (Å²) in [6.45, 7) is 3.60. The van der Waals surface area contributed by atoms with Crippen LogP contribution in [0.25, 0.3) is 0 Å². The quantitative estimate of drug-likeness (QED) is 0.827. The van der Waals surface area contributed by atoms with Crippen LogP contribution in [0.15, 0.2) is 18.2 Å². The Balaban J connectivity index is 3.05. The van der Waals surface area contributed by atoms with Crippen LogP contribution >= 0.6 is 0 Å². The third-order valence-electron chi connectivity index (χ3n) is 2.48. The average molecular weight is 241 g/mol. The van der Waals surface area contributed by atoms with Crippen molar-refractivity contribution >= 4 is 11.7 Å². The first-order chi connectivity index (χ1) is 8.10. The van der Waals surface area contributed by atoms with E-state index in [1.165, 1.54) is 12.1 Å². The largest absolute Gasteiger partial charge is 0.478 e. The summed E-state index contributed by atoms with van der Waals surface area (Å²) in [5.41, 5.74) is 0.487. The molecule has 0 spiro atoms. The van der Waals surface area contributed by atoms with E-state index in [0.717, 1.165) is 6.07 Å². The molecule has 1 N–H and O–H groups in total. The van der Waals surface area contributed by atoms with Gasteiger partial charge in [-0.25, -0.2) is 9.18 Å². The van der Waals surface area contributed by atoms with E-state index in [-0.39, 0.29) is 5.56 Å². The minimum absolute atomic E-state index is 0.0250. The number of ether oxygens (including phenoxy) is 1. The molecule has 1 aromatic rings. The summed E-state index contributed by atoms with van der Waals surface area (Å²) >= 11 is 0. The van der Waals surface area contributed by atoms with Gasteiger partial charge in [0.2, 0.25) is 0 Å². The SMILES string of the molecule is CCN(CCOC)c1ccc(F)cc1C(=O)O. The number of aromatic carboxylic acids is 1. The van der Waals surface area contributed by atoms with Crippen LogP contribution in [0.2, 0.25) is 0 Å². The van der Waals surface area contributed by atoms with E-state index in [2.05, 4.69) is 0 Å². The van der Waals surface area contributed by atoms with Gasteiger partial charge in [0.25, 0.3) is 0 Å². The van der Waals surface area contributed by atoms with Crippen molar-refractivity contribution in [1.82, 2.24) is 0 Å². The van der Waals surface area contributed by atoms with Gasteiger partial charge in [-0.15, -0.1) is 0 Å². The van der Waals surface area contributed by atoms with Gasteiger partial charge in [0.05, 0.1) is 17.9 Å². The number of methoxy groups -OCH3 is 1. The lowest BCUT2D eigenvalue weighted by Crippen LogP contribution is -2.28. The first kappa shape index (κ1) is 13.4. The number of likely N-dealkylation sites (N-methyl/N-ethyl adjacent to an activating group) is 1. The summed E-state index contributed by atoms with van der Waals surface area (Å²) in [6, 6.07) is 3.78. The fourth-order valence-electron chi connectivity index (χ4n) is 1.61. The van der Waals surface area contributed by atoms with Crippen LogP contribution < -0.4 is 4.90 Å². The molecule has 0 aliphatic heterocycles. The molecule has 5 heteroatoms. The summed E-state index contributed by atoms with van der Waals surface area (Å²) in [4.78, 5) is 12.9. The topological polar surface area (TPSA) is 49.8 Å². The van der Waals surface area contributed by atoms with E-state index >= 15 is 0 Å². The molecule has 0 aliphatic rings. The summed E-state index contributed by atoms with van der Waals surface area (Å²) in [5.74, 6) is -1.68. The fraction of sp³-hybridized carbons (Fsp3) is 0.417. The smallest absolute Gasteiger partial charge is 0.337 e. The highest BCUT2D eigenvalue weighted by Gasteiger charge is 2.15. The van der Waals surface area contributed by atoms with Crippen molar-refractivity contribution in [2.75, 3.05) is 31.7 Å². The molecule has 0 atom stereocenters. The Hall–Kier alpha value is -1.62. The second-order valence-electron chi connectivity index (χ2n) is 3.54. The molecular weight excluding hydrogens is 225 g/mol. The highest BCUT2D eigenvalue weighted by molar-refractivity contribution is 5.94. The molecule has 0 radical (unpaired) electrons. The van der Waals surface area contributed by atoms with Crippen molar-refractivity contribution in [3.63, 3.8) is 0 Å². The molecule has 1 aromatic carbocycles. The van der Waals surface area contributed by atoms with Gasteiger partial charge in [0.15, 0.2) is 0 Å². The predicted molar refractivity (Wildman–Crippen MR) is 63.1 cm³/mol. The zero-order valence-electron chi connectivity index (χ0n) is 9.94. The Morgan fingerprint density at radius 2 is 2.24 bits per heavy atom. The summed E-state index contributed by atoms with van der Waals surface area (Å²) in [7, 11) is 1.58. The maximum Gasteiger partial charge on any atom is 0.337 e. The molecule has 0 aromatic heterocycles. The van der Waals surface area contributed by atoms with Crippen LogP contribution in [0, 0.1) is 5.82 Å². The van der Waals surface area contributed by atoms with Gasteiger partial charge >= 0.3 is 5.97 Å². The minimum Gasteiger partial charge on any atom is -0.478 e. The molecule has 0 saturated carbocycles. The molecule has 0 saturated heterocycles. The summed E-state index contributed by atoms with van der Waals surface area (Å²) in [5, 5.41) is 9.04. The molecule has 0 unspecified atom stereocenters. The number of halogens is 1. The second-order valence-corrected chi connectivity index (χ2v) is 3.54. The maximum atomic E-state index is 13.0. The molecule has 0 fully saturated rings. The summed E-state index contributed by atoms with van der Waals surface area (Å²) in [6.07, 6.45) is 0. The molecular formula is C12H16FNO3. The van der Waals surface area contributed by atoms with Gasteiger partial charge in [0, 0.05) is 20.2 Å².